The maximum absolute atomic E-state index is 13.3. The van der Waals surface area contributed by atoms with Gasteiger partial charge < -0.3 is 19.9 Å². The highest BCUT2D eigenvalue weighted by Crippen LogP contribution is 2.29. The zero-order valence-corrected chi connectivity index (χ0v) is 20.1. The van der Waals surface area contributed by atoms with Crippen LogP contribution in [0.5, 0.6) is 5.75 Å². The van der Waals surface area contributed by atoms with E-state index in [2.05, 4.69) is 34.4 Å². The number of fused-ring (bicyclic) bond motifs is 1. The smallest absolute Gasteiger partial charge is 0.263 e. The Bertz CT molecular complexity index is 988. The summed E-state index contributed by atoms with van der Waals surface area (Å²) in [5, 5.41) is 3.23. The lowest BCUT2D eigenvalue weighted by Gasteiger charge is -2.25. The lowest BCUT2D eigenvalue weighted by molar-refractivity contribution is 0.0989. The van der Waals surface area contributed by atoms with E-state index in [0.717, 1.165) is 37.2 Å². The number of nitrogens with zero attached hydrogens (tertiary/aromatic N) is 4. The zero-order valence-electron chi connectivity index (χ0n) is 20.1. The Kier molecular flexibility index (Phi) is 9.01. The van der Waals surface area contributed by atoms with Crippen molar-refractivity contribution < 1.29 is 9.53 Å². The minimum Gasteiger partial charge on any atom is -0.486 e. The van der Waals surface area contributed by atoms with Gasteiger partial charge in [0.15, 0.2) is 0 Å². The Morgan fingerprint density at radius 3 is 2.94 bits per heavy atom. The molecule has 1 aromatic heterocycles. The zero-order chi connectivity index (χ0) is 23.6. The summed E-state index contributed by atoms with van der Waals surface area (Å²) in [6, 6.07) is 7.81. The number of benzene rings is 1. The van der Waals surface area contributed by atoms with Crippen molar-refractivity contribution in [2.75, 3.05) is 43.5 Å². The van der Waals surface area contributed by atoms with E-state index >= 15 is 0 Å². The quantitative estimate of drug-likeness (QED) is 0.548. The van der Waals surface area contributed by atoms with Crippen molar-refractivity contribution in [3.05, 3.63) is 66.2 Å². The highest BCUT2D eigenvalue weighted by molar-refractivity contribution is 6.09. The van der Waals surface area contributed by atoms with Crippen LogP contribution in [0, 0.1) is 0 Å². The number of carbonyl (C=O) groups excluding carboxylic acids is 1. The van der Waals surface area contributed by atoms with E-state index in [9.17, 15) is 4.79 Å². The molecule has 0 fully saturated rings. The van der Waals surface area contributed by atoms with Crippen LogP contribution < -0.4 is 19.9 Å². The van der Waals surface area contributed by atoms with Crippen LogP contribution in [-0.4, -0.2) is 55.7 Å². The molecule has 1 atom stereocenters. The molecule has 0 aliphatic carbocycles. The lowest BCUT2D eigenvalue weighted by atomic mass is 10.0. The molecule has 0 saturated heterocycles. The number of amides is 1. The number of aromatic nitrogens is 2. The van der Waals surface area contributed by atoms with Crippen LogP contribution in [0.4, 0.5) is 11.5 Å². The second-order valence-corrected chi connectivity index (χ2v) is 8.15. The minimum absolute atomic E-state index is 0.0380. The molecular formula is C26H35N5O2. The van der Waals surface area contributed by atoms with Crippen LogP contribution in [0.25, 0.3) is 0 Å². The first-order chi connectivity index (χ1) is 16.1. The van der Waals surface area contributed by atoms with E-state index in [4.69, 9.17) is 4.74 Å². The fourth-order valence-corrected chi connectivity index (χ4v) is 3.97. The van der Waals surface area contributed by atoms with Gasteiger partial charge in [0, 0.05) is 44.5 Å². The molecule has 7 heteroatoms. The third kappa shape index (κ3) is 6.20. The largest absolute Gasteiger partial charge is 0.486 e. The van der Waals surface area contributed by atoms with E-state index in [1.165, 1.54) is 11.9 Å². The number of rotatable bonds is 10. The van der Waals surface area contributed by atoms with Gasteiger partial charge in [0.1, 0.15) is 29.6 Å². The molecule has 3 rings (SSSR count). The maximum atomic E-state index is 13.3. The fourth-order valence-electron chi connectivity index (χ4n) is 3.97. The molecule has 0 radical (unpaired) electrons. The molecule has 1 aliphatic heterocycles. The molecule has 1 aliphatic rings. The van der Waals surface area contributed by atoms with Gasteiger partial charge in [-0.3, -0.25) is 4.79 Å². The first-order valence-electron chi connectivity index (χ1n) is 11.6. The van der Waals surface area contributed by atoms with Gasteiger partial charge in [-0.25, -0.2) is 9.97 Å². The van der Waals surface area contributed by atoms with Crippen molar-refractivity contribution in [3.8, 4) is 5.75 Å². The molecule has 176 valence electrons. The maximum Gasteiger partial charge on any atom is 0.263 e. The Labute approximate surface area is 197 Å². The lowest BCUT2D eigenvalue weighted by Crippen LogP contribution is -2.33. The van der Waals surface area contributed by atoms with E-state index in [1.54, 1.807) is 11.1 Å². The van der Waals surface area contributed by atoms with E-state index in [1.807, 2.05) is 56.3 Å². The Morgan fingerprint density at radius 2 is 2.18 bits per heavy atom. The summed E-state index contributed by atoms with van der Waals surface area (Å²) in [6.45, 7) is 6.29. The third-order valence-electron chi connectivity index (χ3n) is 5.71. The van der Waals surface area contributed by atoms with Crippen molar-refractivity contribution in [3.63, 3.8) is 0 Å². The summed E-state index contributed by atoms with van der Waals surface area (Å²) in [4.78, 5) is 25.5. The topological polar surface area (TPSA) is 70.6 Å². The van der Waals surface area contributed by atoms with Crippen LogP contribution in [0.1, 0.15) is 43.5 Å². The number of anilines is 2. The van der Waals surface area contributed by atoms with Gasteiger partial charge in [-0.05, 0) is 44.6 Å². The summed E-state index contributed by atoms with van der Waals surface area (Å²) in [5.74, 6) is 1.32. The number of carbonyl (C=O) groups is 1. The molecule has 1 N–H and O–H groups in total. The predicted molar refractivity (Wildman–Crippen MR) is 134 cm³/mol. The molecule has 0 saturated carbocycles. The number of likely N-dealkylation sites (N-methyl/N-ethyl adjacent to an activating group) is 1. The van der Waals surface area contributed by atoms with Gasteiger partial charge in [-0.1, -0.05) is 37.6 Å². The van der Waals surface area contributed by atoms with Crippen LogP contribution >= 0.6 is 0 Å². The number of hydrogen-bond acceptors (Lipinski definition) is 6. The highest BCUT2D eigenvalue weighted by Gasteiger charge is 2.27. The summed E-state index contributed by atoms with van der Waals surface area (Å²) < 4.78 is 6.50. The van der Waals surface area contributed by atoms with E-state index < -0.39 is 0 Å². The van der Waals surface area contributed by atoms with Gasteiger partial charge in [-0.2, -0.15) is 0 Å². The van der Waals surface area contributed by atoms with Gasteiger partial charge in [0.2, 0.25) is 0 Å². The standard InChI is InChI=1S/C26H35N5O2/c1-5-7-10-20(9-6-2)24(13-14-27-3)33-22-12-8-11-21(17-22)31-16-15-30(4)25-23(26(31)32)18-28-19-29-25/h5,7-8,10-12,17-19,24,27H,6,9,13-16H2,1-4H3/b7-5-,20-10+. The summed E-state index contributed by atoms with van der Waals surface area (Å²) >= 11 is 0. The number of allylic oxidation sites excluding steroid dienone is 3. The van der Waals surface area contributed by atoms with Crippen molar-refractivity contribution in [2.24, 2.45) is 0 Å². The third-order valence-corrected chi connectivity index (χ3v) is 5.71. The fraction of sp³-hybridized carbons (Fsp3) is 0.423. The van der Waals surface area contributed by atoms with Crippen LogP contribution in [0.2, 0.25) is 0 Å². The van der Waals surface area contributed by atoms with Crippen molar-refractivity contribution in [1.82, 2.24) is 15.3 Å². The first-order valence-corrected chi connectivity index (χ1v) is 11.6. The second-order valence-electron chi connectivity index (χ2n) is 8.15. The van der Waals surface area contributed by atoms with E-state index in [-0.39, 0.29) is 12.0 Å². The molecular weight excluding hydrogens is 414 g/mol. The average Bonchev–Trinajstić information content (AvgIpc) is 2.96. The average molecular weight is 450 g/mol. The molecule has 1 unspecified atom stereocenters. The molecule has 0 bridgehead atoms. The molecule has 1 aromatic carbocycles. The normalized spacial score (nSPS) is 15.5. The highest BCUT2D eigenvalue weighted by atomic mass is 16.5. The molecule has 2 heterocycles. The molecule has 7 nitrogen and oxygen atoms in total. The van der Waals surface area contributed by atoms with Gasteiger partial charge in [-0.15, -0.1) is 0 Å². The molecule has 1 amide bonds. The Hall–Kier alpha value is -3.19. The van der Waals surface area contributed by atoms with Gasteiger partial charge >= 0.3 is 0 Å². The Balaban J connectivity index is 1.88. The van der Waals surface area contributed by atoms with E-state index in [0.29, 0.717) is 24.5 Å². The van der Waals surface area contributed by atoms with Gasteiger partial charge in [0.05, 0.1) is 0 Å². The summed E-state index contributed by atoms with van der Waals surface area (Å²) in [7, 11) is 3.90. The number of hydrogen-bond donors (Lipinski definition) is 1. The molecule has 33 heavy (non-hydrogen) atoms. The number of nitrogens with one attached hydrogen (secondary N) is 1. The minimum atomic E-state index is -0.0986. The summed E-state index contributed by atoms with van der Waals surface area (Å²) in [5.41, 5.74) is 2.59. The van der Waals surface area contributed by atoms with Crippen LogP contribution in [0.3, 0.4) is 0 Å². The monoisotopic (exact) mass is 449 g/mol. The second kappa shape index (κ2) is 12.2. The molecule has 0 spiro atoms. The summed E-state index contributed by atoms with van der Waals surface area (Å²) in [6.07, 6.45) is 12.2. The first kappa shape index (κ1) is 24.5. The SMILES string of the molecule is C/C=C\C=C(/CCC)C(CCNC)Oc1cccc(N2CCN(C)c3ncncc3C2=O)c1. The van der Waals surface area contributed by atoms with Crippen molar-refractivity contribution in [2.45, 2.75) is 39.2 Å². The van der Waals surface area contributed by atoms with Crippen LogP contribution in [-0.2, 0) is 0 Å². The Morgan fingerprint density at radius 1 is 1.33 bits per heavy atom. The van der Waals surface area contributed by atoms with Crippen LogP contribution in [0.15, 0.2) is 60.6 Å². The van der Waals surface area contributed by atoms with Crippen molar-refractivity contribution >= 4 is 17.4 Å². The van der Waals surface area contributed by atoms with Gasteiger partial charge in [0.25, 0.3) is 5.91 Å². The predicted octanol–water partition coefficient (Wildman–Crippen LogP) is 4.23. The van der Waals surface area contributed by atoms with Crippen molar-refractivity contribution in [1.29, 1.82) is 0 Å². The number of ether oxygens (including phenoxy) is 1. The molecule has 2 aromatic rings.